The van der Waals surface area contributed by atoms with Crippen LogP contribution in [-0.2, 0) is 13.0 Å². The molecular formula is C12H15N5O2. The summed E-state index contributed by atoms with van der Waals surface area (Å²) >= 11 is 0. The van der Waals surface area contributed by atoms with Gasteiger partial charge in [-0.25, -0.2) is 15.0 Å². The van der Waals surface area contributed by atoms with Crippen molar-refractivity contribution in [1.29, 1.82) is 0 Å². The summed E-state index contributed by atoms with van der Waals surface area (Å²) in [6.07, 6.45) is 2.07. The molecule has 2 heterocycles. The van der Waals surface area contributed by atoms with Crippen LogP contribution in [0, 0.1) is 6.92 Å². The van der Waals surface area contributed by atoms with Crippen LogP contribution in [0.1, 0.15) is 34.7 Å². The highest BCUT2D eigenvalue weighted by Gasteiger charge is 2.09. The smallest absolute Gasteiger partial charge is 0.270 e. The van der Waals surface area contributed by atoms with Gasteiger partial charge in [0.1, 0.15) is 6.26 Å². The molecule has 100 valence electrons. The number of aryl methyl sites for hydroxylation is 2. The molecule has 7 heteroatoms. The van der Waals surface area contributed by atoms with Gasteiger partial charge in [-0.15, -0.1) is 0 Å². The standard InChI is InChI=1S/C12H15N5O2/c1-3-8-4-7(2)15-12(16-8)14-5-10-17-9(6-19-10)11(13)18/h4,6H,3,5H2,1-2H3,(H2,13,18)(H,14,15,16). The predicted octanol–water partition coefficient (Wildman–Crippen LogP) is 1.05. The zero-order chi connectivity index (χ0) is 13.8. The summed E-state index contributed by atoms with van der Waals surface area (Å²) in [7, 11) is 0. The molecule has 2 aromatic rings. The van der Waals surface area contributed by atoms with Crippen LogP contribution < -0.4 is 11.1 Å². The van der Waals surface area contributed by atoms with E-state index in [0.29, 0.717) is 18.4 Å². The number of carbonyl (C=O) groups is 1. The number of carbonyl (C=O) groups excluding carboxylic acids is 1. The Kier molecular flexibility index (Phi) is 3.74. The van der Waals surface area contributed by atoms with Crippen LogP contribution in [0.25, 0.3) is 0 Å². The van der Waals surface area contributed by atoms with Crippen molar-refractivity contribution in [3.63, 3.8) is 0 Å². The molecule has 2 aromatic heterocycles. The Labute approximate surface area is 110 Å². The van der Waals surface area contributed by atoms with Gasteiger partial charge in [0, 0.05) is 11.4 Å². The highest BCUT2D eigenvalue weighted by atomic mass is 16.3. The monoisotopic (exact) mass is 261 g/mol. The zero-order valence-electron chi connectivity index (χ0n) is 10.8. The Morgan fingerprint density at radius 1 is 1.42 bits per heavy atom. The number of aromatic nitrogens is 3. The van der Waals surface area contributed by atoms with E-state index in [1.54, 1.807) is 0 Å². The first-order valence-electron chi connectivity index (χ1n) is 5.91. The van der Waals surface area contributed by atoms with E-state index in [-0.39, 0.29) is 5.69 Å². The zero-order valence-corrected chi connectivity index (χ0v) is 10.8. The van der Waals surface area contributed by atoms with Crippen LogP contribution >= 0.6 is 0 Å². The highest BCUT2D eigenvalue weighted by molar-refractivity contribution is 5.90. The molecule has 0 fully saturated rings. The quantitative estimate of drug-likeness (QED) is 0.833. The Hall–Kier alpha value is -2.44. The molecule has 0 aliphatic carbocycles. The lowest BCUT2D eigenvalue weighted by atomic mass is 10.3. The second kappa shape index (κ2) is 5.47. The van der Waals surface area contributed by atoms with E-state index in [1.165, 1.54) is 6.26 Å². The van der Waals surface area contributed by atoms with Crippen LogP contribution in [0.5, 0.6) is 0 Å². The normalized spacial score (nSPS) is 10.4. The number of amides is 1. The Morgan fingerprint density at radius 3 is 2.84 bits per heavy atom. The van der Waals surface area contributed by atoms with Crippen molar-refractivity contribution < 1.29 is 9.21 Å². The highest BCUT2D eigenvalue weighted by Crippen LogP contribution is 2.08. The van der Waals surface area contributed by atoms with Gasteiger partial charge in [0.2, 0.25) is 11.8 Å². The van der Waals surface area contributed by atoms with Gasteiger partial charge in [0.25, 0.3) is 5.91 Å². The number of anilines is 1. The number of hydrogen-bond donors (Lipinski definition) is 2. The molecule has 0 aliphatic rings. The van der Waals surface area contributed by atoms with E-state index in [1.807, 2.05) is 19.9 Å². The average molecular weight is 261 g/mol. The second-order valence-electron chi connectivity index (χ2n) is 4.02. The van der Waals surface area contributed by atoms with E-state index in [4.69, 9.17) is 10.2 Å². The Bertz CT molecular complexity index is 594. The lowest BCUT2D eigenvalue weighted by molar-refractivity contribution is 0.0995. The molecule has 2 rings (SSSR count). The predicted molar refractivity (Wildman–Crippen MR) is 68.5 cm³/mol. The van der Waals surface area contributed by atoms with Crippen molar-refractivity contribution >= 4 is 11.9 Å². The van der Waals surface area contributed by atoms with Gasteiger partial charge in [-0.05, 0) is 19.4 Å². The molecule has 0 spiro atoms. The van der Waals surface area contributed by atoms with E-state index in [2.05, 4.69) is 20.3 Å². The molecule has 19 heavy (non-hydrogen) atoms. The van der Waals surface area contributed by atoms with Crippen LogP contribution in [0.4, 0.5) is 5.95 Å². The Balaban J connectivity index is 2.05. The molecule has 0 saturated carbocycles. The van der Waals surface area contributed by atoms with Crippen LogP contribution in [0.2, 0.25) is 0 Å². The lowest BCUT2D eigenvalue weighted by Gasteiger charge is -2.05. The van der Waals surface area contributed by atoms with Gasteiger partial charge in [0.05, 0.1) is 6.54 Å². The van der Waals surface area contributed by atoms with Gasteiger partial charge >= 0.3 is 0 Å². The van der Waals surface area contributed by atoms with Crippen molar-refractivity contribution in [2.24, 2.45) is 5.73 Å². The van der Waals surface area contributed by atoms with Crippen molar-refractivity contribution in [3.05, 3.63) is 35.3 Å². The molecule has 3 N–H and O–H groups in total. The summed E-state index contributed by atoms with van der Waals surface area (Å²) in [5.41, 5.74) is 7.04. The molecule has 0 unspecified atom stereocenters. The number of nitrogens with two attached hydrogens (primary N) is 1. The topological polar surface area (TPSA) is 107 Å². The minimum atomic E-state index is -0.616. The van der Waals surface area contributed by atoms with Crippen molar-refractivity contribution in [3.8, 4) is 0 Å². The van der Waals surface area contributed by atoms with Gasteiger partial charge in [-0.1, -0.05) is 6.92 Å². The summed E-state index contributed by atoms with van der Waals surface area (Å²) in [6, 6.07) is 1.93. The second-order valence-corrected chi connectivity index (χ2v) is 4.02. The van der Waals surface area contributed by atoms with Gasteiger partial charge in [-0.3, -0.25) is 4.79 Å². The summed E-state index contributed by atoms with van der Waals surface area (Å²) in [5.74, 6) is 0.253. The SMILES string of the molecule is CCc1cc(C)nc(NCc2nc(C(N)=O)co2)n1. The fraction of sp³-hybridized carbons (Fsp3) is 0.333. The molecule has 1 amide bonds. The van der Waals surface area contributed by atoms with E-state index < -0.39 is 5.91 Å². The number of primary amides is 1. The first kappa shape index (κ1) is 13.0. The third-order valence-electron chi connectivity index (χ3n) is 2.47. The van der Waals surface area contributed by atoms with Gasteiger partial charge in [-0.2, -0.15) is 0 Å². The molecular weight excluding hydrogens is 246 g/mol. The van der Waals surface area contributed by atoms with Gasteiger partial charge < -0.3 is 15.5 Å². The first-order valence-corrected chi connectivity index (χ1v) is 5.91. The molecule has 0 radical (unpaired) electrons. The fourth-order valence-corrected chi connectivity index (χ4v) is 1.55. The maximum absolute atomic E-state index is 10.9. The number of rotatable bonds is 5. The number of oxazole rings is 1. The minimum Gasteiger partial charge on any atom is -0.446 e. The van der Waals surface area contributed by atoms with Crippen LogP contribution in [-0.4, -0.2) is 20.9 Å². The summed E-state index contributed by atoms with van der Waals surface area (Å²) in [6.45, 7) is 4.22. The molecule has 0 aliphatic heterocycles. The maximum atomic E-state index is 10.9. The maximum Gasteiger partial charge on any atom is 0.270 e. The largest absolute Gasteiger partial charge is 0.446 e. The van der Waals surface area contributed by atoms with Crippen LogP contribution in [0.15, 0.2) is 16.7 Å². The molecule has 7 nitrogen and oxygen atoms in total. The fourth-order valence-electron chi connectivity index (χ4n) is 1.55. The van der Waals surface area contributed by atoms with E-state index >= 15 is 0 Å². The molecule has 0 aromatic carbocycles. The van der Waals surface area contributed by atoms with Crippen molar-refractivity contribution in [2.45, 2.75) is 26.8 Å². The number of nitrogens with zero attached hydrogens (tertiary/aromatic N) is 3. The third-order valence-corrected chi connectivity index (χ3v) is 2.47. The van der Waals surface area contributed by atoms with Gasteiger partial charge in [0.15, 0.2) is 5.69 Å². The number of nitrogens with one attached hydrogen (secondary N) is 1. The minimum absolute atomic E-state index is 0.108. The first-order chi connectivity index (χ1) is 9.08. The summed E-state index contributed by atoms with van der Waals surface area (Å²) in [5, 5.41) is 3.00. The number of hydrogen-bond acceptors (Lipinski definition) is 6. The average Bonchev–Trinajstić information content (AvgIpc) is 2.84. The van der Waals surface area contributed by atoms with E-state index in [0.717, 1.165) is 17.8 Å². The summed E-state index contributed by atoms with van der Waals surface area (Å²) < 4.78 is 5.10. The lowest BCUT2D eigenvalue weighted by Crippen LogP contribution is -2.12. The summed E-state index contributed by atoms with van der Waals surface area (Å²) in [4.78, 5) is 23.4. The van der Waals surface area contributed by atoms with Crippen molar-refractivity contribution in [1.82, 2.24) is 15.0 Å². The van der Waals surface area contributed by atoms with E-state index in [9.17, 15) is 4.79 Å². The van der Waals surface area contributed by atoms with Crippen molar-refractivity contribution in [2.75, 3.05) is 5.32 Å². The Morgan fingerprint density at radius 2 is 2.21 bits per heavy atom. The third kappa shape index (κ3) is 3.27. The molecule has 0 bridgehead atoms. The molecule has 0 atom stereocenters. The van der Waals surface area contributed by atoms with Crippen LogP contribution in [0.3, 0.4) is 0 Å². The molecule has 0 saturated heterocycles.